The second-order valence-corrected chi connectivity index (χ2v) is 5.67. The van der Waals surface area contributed by atoms with Gasteiger partial charge in [-0.15, -0.1) is 0 Å². The largest absolute Gasteiger partial charge is 0.468 e. The highest BCUT2D eigenvalue weighted by Crippen LogP contribution is 2.20. The minimum absolute atomic E-state index is 0.0473. The van der Waals surface area contributed by atoms with Crippen molar-refractivity contribution in [1.82, 2.24) is 15.6 Å². The lowest BCUT2D eigenvalue weighted by atomic mass is 10.2. The lowest BCUT2D eigenvalue weighted by Gasteiger charge is -2.15. The van der Waals surface area contributed by atoms with Gasteiger partial charge in [0, 0.05) is 38.0 Å². The van der Waals surface area contributed by atoms with Crippen LogP contribution in [0.3, 0.4) is 0 Å². The fraction of sp³-hybridized carbons (Fsp3) is 0.333. The molecule has 0 amide bonds. The van der Waals surface area contributed by atoms with Crippen molar-refractivity contribution in [1.29, 1.82) is 0 Å². The first-order valence-corrected chi connectivity index (χ1v) is 8.38. The van der Waals surface area contributed by atoms with Gasteiger partial charge in [-0.2, -0.15) is 22.0 Å². The van der Waals surface area contributed by atoms with Crippen LogP contribution in [-0.2, 0) is 13.1 Å². The number of benzene rings is 1. The molecule has 0 aliphatic rings. The summed E-state index contributed by atoms with van der Waals surface area (Å²) in [4.78, 5) is 7.74. The van der Waals surface area contributed by atoms with E-state index in [0.717, 1.165) is 0 Å². The summed E-state index contributed by atoms with van der Waals surface area (Å²) in [5.74, 6) is 0.250. The zero-order valence-corrected chi connectivity index (χ0v) is 15.3. The molecule has 1 heterocycles. The second kappa shape index (κ2) is 10.4. The third-order valence-corrected chi connectivity index (χ3v) is 3.50. The Balaban J connectivity index is 1.90. The van der Waals surface area contributed by atoms with Gasteiger partial charge in [0.2, 0.25) is 5.88 Å². The van der Waals surface area contributed by atoms with E-state index < -0.39 is 19.4 Å². The number of hydrogen-bond acceptors (Lipinski definition) is 4. The molecule has 2 N–H and O–H groups in total. The van der Waals surface area contributed by atoms with Crippen LogP contribution in [0.15, 0.2) is 47.6 Å². The van der Waals surface area contributed by atoms with Crippen LogP contribution in [0.5, 0.6) is 11.6 Å². The molecule has 1 aromatic heterocycles. The minimum atomic E-state index is -4.45. The molecule has 6 nitrogen and oxygen atoms in total. The quantitative estimate of drug-likeness (QED) is 0.390. The van der Waals surface area contributed by atoms with Crippen molar-refractivity contribution in [3.63, 3.8) is 0 Å². The molecule has 0 aliphatic heterocycles. The maximum Gasteiger partial charge on any atom is 0.422 e. The van der Waals surface area contributed by atoms with Crippen LogP contribution < -0.4 is 20.1 Å². The van der Waals surface area contributed by atoms with E-state index in [4.69, 9.17) is 0 Å². The normalized spacial score (nSPS) is 12.0. The Morgan fingerprint density at radius 3 is 2.55 bits per heavy atom. The van der Waals surface area contributed by atoms with Crippen LogP contribution in [-0.4, -0.2) is 37.4 Å². The maximum absolute atomic E-state index is 12.5. The molecule has 11 heteroatoms. The summed E-state index contributed by atoms with van der Waals surface area (Å²) in [7, 11) is 1.52. The summed E-state index contributed by atoms with van der Waals surface area (Å²) in [5.41, 5.74) is 1.11. The summed E-state index contributed by atoms with van der Waals surface area (Å²) in [6.07, 6.45) is -3.12. The molecule has 2 rings (SSSR count). The Labute approximate surface area is 163 Å². The summed E-state index contributed by atoms with van der Waals surface area (Å²) in [5, 5.41) is 5.91. The number of aliphatic imine (C=N–C) groups is 1. The van der Waals surface area contributed by atoms with E-state index in [2.05, 4.69) is 30.1 Å². The van der Waals surface area contributed by atoms with Gasteiger partial charge in [0.15, 0.2) is 12.6 Å². The van der Waals surface area contributed by atoms with E-state index >= 15 is 0 Å². The molecule has 0 fully saturated rings. The van der Waals surface area contributed by atoms with E-state index in [9.17, 15) is 22.0 Å². The Morgan fingerprint density at radius 2 is 1.86 bits per heavy atom. The molecule has 0 unspecified atom stereocenters. The third kappa shape index (κ3) is 8.20. The highest BCUT2D eigenvalue weighted by molar-refractivity contribution is 5.79. The predicted molar refractivity (Wildman–Crippen MR) is 95.9 cm³/mol. The van der Waals surface area contributed by atoms with Crippen LogP contribution in [0.4, 0.5) is 22.0 Å². The lowest BCUT2D eigenvalue weighted by Crippen LogP contribution is -2.36. The number of nitrogens with zero attached hydrogens (tertiary/aromatic N) is 2. The van der Waals surface area contributed by atoms with E-state index in [1.165, 1.54) is 25.4 Å². The van der Waals surface area contributed by atoms with E-state index in [0.29, 0.717) is 17.1 Å². The molecule has 0 aliphatic carbocycles. The smallest absolute Gasteiger partial charge is 0.422 e. The van der Waals surface area contributed by atoms with Gasteiger partial charge < -0.3 is 20.1 Å². The Hall–Kier alpha value is -3.11. The first-order valence-electron chi connectivity index (χ1n) is 8.38. The molecular formula is C18H19F5N4O2. The molecule has 2 aromatic rings. The van der Waals surface area contributed by atoms with Crippen molar-refractivity contribution in [2.24, 2.45) is 4.99 Å². The van der Waals surface area contributed by atoms with Gasteiger partial charge >= 0.3 is 12.8 Å². The fourth-order valence-electron chi connectivity index (χ4n) is 2.24. The van der Waals surface area contributed by atoms with Gasteiger partial charge in [-0.05, 0) is 17.7 Å². The number of hydrogen-bond donors (Lipinski definition) is 2. The van der Waals surface area contributed by atoms with Crippen LogP contribution in [0.1, 0.15) is 11.1 Å². The van der Waals surface area contributed by atoms with Crippen LogP contribution in [0.2, 0.25) is 0 Å². The number of guanidine groups is 1. The van der Waals surface area contributed by atoms with E-state index in [-0.39, 0.29) is 24.7 Å². The number of ether oxygens (including phenoxy) is 2. The molecule has 0 saturated heterocycles. The molecular weight excluding hydrogens is 399 g/mol. The molecule has 0 bridgehead atoms. The second-order valence-electron chi connectivity index (χ2n) is 5.67. The van der Waals surface area contributed by atoms with E-state index in [1.807, 2.05) is 0 Å². The topological polar surface area (TPSA) is 67.8 Å². The Bertz CT molecular complexity index is 815. The summed E-state index contributed by atoms with van der Waals surface area (Å²) in [6, 6.07) is 9.30. The summed E-state index contributed by atoms with van der Waals surface area (Å²) in [6.45, 7) is -3.98. The zero-order chi connectivity index (χ0) is 21.3. The maximum atomic E-state index is 12.5. The molecule has 0 saturated carbocycles. The predicted octanol–water partition coefficient (Wildman–Crippen LogP) is 3.49. The van der Waals surface area contributed by atoms with Crippen molar-refractivity contribution in [3.8, 4) is 11.6 Å². The van der Waals surface area contributed by atoms with Crippen LogP contribution in [0, 0.1) is 0 Å². The van der Waals surface area contributed by atoms with Crippen molar-refractivity contribution in [2.45, 2.75) is 25.9 Å². The monoisotopic (exact) mass is 418 g/mol. The average Bonchev–Trinajstić information content (AvgIpc) is 2.67. The highest BCUT2D eigenvalue weighted by Gasteiger charge is 2.28. The average molecular weight is 418 g/mol. The summed E-state index contributed by atoms with van der Waals surface area (Å²) < 4.78 is 70.7. The number of rotatable bonds is 8. The van der Waals surface area contributed by atoms with Crippen molar-refractivity contribution in [3.05, 3.63) is 53.7 Å². The van der Waals surface area contributed by atoms with Gasteiger partial charge in [0.1, 0.15) is 5.75 Å². The number of pyridine rings is 1. The number of aromatic nitrogens is 1. The van der Waals surface area contributed by atoms with Gasteiger partial charge in [-0.25, -0.2) is 4.98 Å². The summed E-state index contributed by atoms with van der Waals surface area (Å²) >= 11 is 0. The zero-order valence-electron chi connectivity index (χ0n) is 15.3. The molecule has 1 aromatic carbocycles. The SMILES string of the molecule is CN=C(NCc1ccnc(OCC(F)(F)F)c1)NCc1ccccc1OC(F)F. The van der Waals surface area contributed by atoms with Crippen molar-refractivity contribution in [2.75, 3.05) is 13.7 Å². The van der Waals surface area contributed by atoms with Gasteiger partial charge in [0.25, 0.3) is 0 Å². The highest BCUT2D eigenvalue weighted by atomic mass is 19.4. The number of halogens is 5. The van der Waals surface area contributed by atoms with Crippen molar-refractivity contribution >= 4 is 5.96 Å². The minimum Gasteiger partial charge on any atom is -0.468 e. The molecule has 158 valence electrons. The number of para-hydroxylation sites is 1. The third-order valence-electron chi connectivity index (χ3n) is 3.50. The van der Waals surface area contributed by atoms with Gasteiger partial charge in [-0.3, -0.25) is 4.99 Å². The van der Waals surface area contributed by atoms with Gasteiger partial charge in [-0.1, -0.05) is 18.2 Å². The van der Waals surface area contributed by atoms with Crippen molar-refractivity contribution < 1.29 is 31.4 Å². The van der Waals surface area contributed by atoms with Crippen LogP contribution >= 0.6 is 0 Å². The molecule has 29 heavy (non-hydrogen) atoms. The Morgan fingerprint density at radius 1 is 1.14 bits per heavy atom. The first-order chi connectivity index (χ1) is 13.8. The number of nitrogens with one attached hydrogen (secondary N) is 2. The molecule has 0 spiro atoms. The molecule has 0 radical (unpaired) electrons. The standard InChI is InChI=1S/C18H19F5N4O2/c1-24-17(27-10-13-4-2-3-5-14(13)29-16(19)20)26-9-12-6-7-25-15(8-12)28-11-18(21,22)23/h2-8,16H,9-11H2,1H3,(H2,24,26,27). The van der Waals surface area contributed by atoms with Crippen LogP contribution in [0.25, 0.3) is 0 Å². The Kier molecular flexibility index (Phi) is 7.98. The lowest BCUT2D eigenvalue weighted by molar-refractivity contribution is -0.154. The fourth-order valence-corrected chi connectivity index (χ4v) is 2.24. The van der Waals surface area contributed by atoms with Gasteiger partial charge in [0.05, 0.1) is 0 Å². The first kappa shape index (κ1) is 22.2. The molecule has 0 atom stereocenters. The number of alkyl halides is 5. The van der Waals surface area contributed by atoms with E-state index in [1.54, 1.807) is 24.3 Å².